The maximum absolute atomic E-state index is 12.5. The zero-order valence-electron chi connectivity index (χ0n) is 17.3. The standard InChI is InChI=1S/C22H31N5O/c1-16-23-11-9-19(25-16)13-24-21(28)26-20(22(2,3)4)15-27-12-10-17-7-5-6-8-18(17)14-27/h5-9,11,20H,10,12-15H2,1-4H3,(H2,24,26,28)/t20-/m0/s1. The maximum Gasteiger partial charge on any atom is 0.315 e. The summed E-state index contributed by atoms with van der Waals surface area (Å²) in [5.74, 6) is 0.706. The molecule has 2 N–H and O–H groups in total. The van der Waals surface area contributed by atoms with E-state index in [1.807, 2.05) is 13.0 Å². The van der Waals surface area contributed by atoms with E-state index in [9.17, 15) is 4.79 Å². The monoisotopic (exact) mass is 381 g/mol. The summed E-state index contributed by atoms with van der Waals surface area (Å²) in [6.07, 6.45) is 2.77. The number of aryl methyl sites for hydroxylation is 1. The molecule has 0 bridgehead atoms. The molecule has 0 unspecified atom stereocenters. The molecule has 1 atom stereocenters. The Labute approximate surface area is 167 Å². The molecule has 28 heavy (non-hydrogen) atoms. The Morgan fingerprint density at radius 3 is 2.68 bits per heavy atom. The fourth-order valence-corrected chi connectivity index (χ4v) is 3.49. The predicted octanol–water partition coefficient (Wildman–Crippen LogP) is 3.06. The summed E-state index contributed by atoms with van der Waals surface area (Å²) in [4.78, 5) is 23.4. The number of amides is 2. The highest BCUT2D eigenvalue weighted by molar-refractivity contribution is 5.74. The number of aromatic nitrogens is 2. The van der Waals surface area contributed by atoms with E-state index in [4.69, 9.17) is 0 Å². The number of rotatable bonds is 5. The highest BCUT2D eigenvalue weighted by Crippen LogP contribution is 2.24. The van der Waals surface area contributed by atoms with Crippen molar-refractivity contribution in [2.75, 3.05) is 13.1 Å². The number of hydrogen-bond donors (Lipinski definition) is 2. The molecule has 0 aliphatic carbocycles. The van der Waals surface area contributed by atoms with Crippen molar-refractivity contribution in [1.82, 2.24) is 25.5 Å². The van der Waals surface area contributed by atoms with Gasteiger partial charge in [-0.1, -0.05) is 45.0 Å². The van der Waals surface area contributed by atoms with Crippen LogP contribution in [-0.2, 0) is 19.5 Å². The Morgan fingerprint density at radius 2 is 1.96 bits per heavy atom. The normalized spacial score (nSPS) is 15.6. The molecular formula is C22H31N5O. The Balaban J connectivity index is 1.57. The number of nitrogens with one attached hydrogen (secondary N) is 2. The molecule has 0 spiro atoms. The number of carbonyl (C=O) groups is 1. The smallest absolute Gasteiger partial charge is 0.315 e. The second kappa shape index (κ2) is 8.69. The molecule has 2 aromatic rings. The van der Waals surface area contributed by atoms with E-state index in [1.165, 1.54) is 11.1 Å². The van der Waals surface area contributed by atoms with Crippen molar-refractivity contribution in [3.63, 3.8) is 0 Å². The Kier molecular flexibility index (Phi) is 6.29. The Bertz CT molecular complexity index is 815. The minimum Gasteiger partial charge on any atom is -0.334 e. The summed E-state index contributed by atoms with van der Waals surface area (Å²) < 4.78 is 0. The molecule has 0 saturated heterocycles. The fraction of sp³-hybridized carbons (Fsp3) is 0.500. The van der Waals surface area contributed by atoms with Gasteiger partial charge >= 0.3 is 6.03 Å². The first-order valence-corrected chi connectivity index (χ1v) is 9.93. The molecule has 2 heterocycles. The van der Waals surface area contributed by atoms with Crippen molar-refractivity contribution in [2.45, 2.75) is 53.2 Å². The van der Waals surface area contributed by atoms with Gasteiger partial charge in [0.2, 0.25) is 0 Å². The van der Waals surface area contributed by atoms with Crippen LogP contribution >= 0.6 is 0 Å². The lowest BCUT2D eigenvalue weighted by molar-refractivity contribution is 0.161. The van der Waals surface area contributed by atoms with Crippen molar-refractivity contribution in [3.05, 3.63) is 59.2 Å². The summed E-state index contributed by atoms with van der Waals surface area (Å²) in [5.41, 5.74) is 3.60. The van der Waals surface area contributed by atoms with Gasteiger partial charge in [-0.2, -0.15) is 0 Å². The number of fused-ring (bicyclic) bond motifs is 1. The summed E-state index contributed by atoms with van der Waals surface area (Å²) in [7, 11) is 0. The predicted molar refractivity (Wildman–Crippen MR) is 111 cm³/mol. The second-order valence-corrected chi connectivity index (χ2v) is 8.59. The summed E-state index contributed by atoms with van der Waals surface area (Å²) >= 11 is 0. The largest absolute Gasteiger partial charge is 0.334 e. The van der Waals surface area contributed by atoms with E-state index in [-0.39, 0.29) is 17.5 Å². The van der Waals surface area contributed by atoms with Gasteiger partial charge in [-0.3, -0.25) is 4.90 Å². The summed E-state index contributed by atoms with van der Waals surface area (Å²) in [6, 6.07) is 10.3. The van der Waals surface area contributed by atoms with Crippen LogP contribution < -0.4 is 10.6 Å². The van der Waals surface area contributed by atoms with Gasteiger partial charge in [-0.05, 0) is 36.0 Å². The third kappa shape index (κ3) is 5.52. The van der Waals surface area contributed by atoms with Crippen LogP contribution in [0.5, 0.6) is 0 Å². The van der Waals surface area contributed by atoms with Crippen LogP contribution in [0.25, 0.3) is 0 Å². The molecule has 6 heteroatoms. The molecule has 1 aliphatic rings. The topological polar surface area (TPSA) is 70.2 Å². The van der Waals surface area contributed by atoms with E-state index in [2.05, 4.69) is 70.5 Å². The van der Waals surface area contributed by atoms with E-state index in [0.717, 1.165) is 31.7 Å². The van der Waals surface area contributed by atoms with Gasteiger partial charge in [-0.15, -0.1) is 0 Å². The van der Waals surface area contributed by atoms with Crippen molar-refractivity contribution in [3.8, 4) is 0 Å². The SMILES string of the molecule is Cc1nccc(CNC(=O)N[C@@H](CN2CCc3ccccc3C2)C(C)(C)C)n1. The van der Waals surface area contributed by atoms with Gasteiger partial charge in [0, 0.05) is 31.9 Å². The van der Waals surface area contributed by atoms with Crippen LogP contribution in [-0.4, -0.2) is 40.0 Å². The van der Waals surface area contributed by atoms with Crippen LogP contribution in [0.2, 0.25) is 0 Å². The highest BCUT2D eigenvalue weighted by atomic mass is 16.2. The van der Waals surface area contributed by atoms with Crippen LogP contribution in [0.15, 0.2) is 36.5 Å². The van der Waals surface area contributed by atoms with Crippen LogP contribution in [0.4, 0.5) is 4.79 Å². The first-order valence-electron chi connectivity index (χ1n) is 9.93. The van der Waals surface area contributed by atoms with E-state index >= 15 is 0 Å². The molecule has 1 aliphatic heterocycles. The Hall–Kier alpha value is -2.47. The first-order chi connectivity index (χ1) is 13.3. The fourth-order valence-electron chi connectivity index (χ4n) is 3.49. The molecular weight excluding hydrogens is 350 g/mol. The number of urea groups is 1. The minimum atomic E-state index is -0.159. The summed E-state index contributed by atoms with van der Waals surface area (Å²) in [6.45, 7) is 11.5. The summed E-state index contributed by atoms with van der Waals surface area (Å²) in [5, 5.41) is 6.10. The average molecular weight is 382 g/mol. The van der Waals surface area contributed by atoms with Gasteiger partial charge in [0.15, 0.2) is 0 Å². The van der Waals surface area contributed by atoms with E-state index in [0.29, 0.717) is 12.4 Å². The number of nitrogens with zero attached hydrogens (tertiary/aromatic N) is 3. The van der Waals surface area contributed by atoms with Crippen LogP contribution in [0.1, 0.15) is 43.4 Å². The van der Waals surface area contributed by atoms with Crippen molar-refractivity contribution >= 4 is 6.03 Å². The molecule has 1 aromatic heterocycles. The molecule has 6 nitrogen and oxygen atoms in total. The molecule has 3 rings (SSSR count). The van der Waals surface area contributed by atoms with Gasteiger partial charge in [0.1, 0.15) is 5.82 Å². The lowest BCUT2D eigenvalue weighted by Gasteiger charge is -2.37. The lowest BCUT2D eigenvalue weighted by atomic mass is 9.86. The zero-order chi connectivity index (χ0) is 20.1. The van der Waals surface area contributed by atoms with E-state index in [1.54, 1.807) is 6.20 Å². The second-order valence-electron chi connectivity index (χ2n) is 8.59. The van der Waals surface area contributed by atoms with E-state index < -0.39 is 0 Å². The molecule has 150 valence electrons. The van der Waals surface area contributed by atoms with Gasteiger partial charge in [0.25, 0.3) is 0 Å². The van der Waals surface area contributed by atoms with Crippen LogP contribution in [0.3, 0.4) is 0 Å². The molecule has 2 amide bonds. The number of carbonyl (C=O) groups excluding carboxylic acids is 1. The van der Waals surface area contributed by atoms with Gasteiger partial charge < -0.3 is 10.6 Å². The quantitative estimate of drug-likeness (QED) is 0.835. The third-order valence-electron chi connectivity index (χ3n) is 5.26. The molecule has 0 radical (unpaired) electrons. The van der Waals surface area contributed by atoms with Crippen molar-refractivity contribution in [1.29, 1.82) is 0 Å². The maximum atomic E-state index is 12.5. The van der Waals surface area contributed by atoms with Crippen molar-refractivity contribution < 1.29 is 4.79 Å². The third-order valence-corrected chi connectivity index (χ3v) is 5.26. The average Bonchev–Trinajstić information content (AvgIpc) is 2.65. The zero-order valence-corrected chi connectivity index (χ0v) is 17.3. The molecule has 0 fully saturated rings. The highest BCUT2D eigenvalue weighted by Gasteiger charge is 2.29. The number of benzene rings is 1. The number of hydrogen-bond acceptors (Lipinski definition) is 4. The molecule has 0 saturated carbocycles. The van der Waals surface area contributed by atoms with Crippen LogP contribution in [0, 0.1) is 12.3 Å². The minimum absolute atomic E-state index is 0.0419. The Morgan fingerprint density at radius 1 is 1.21 bits per heavy atom. The first kappa shape index (κ1) is 20.3. The lowest BCUT2D eigenvalue weighted by Crippen LogP contribution is -2.53. The molecule has 1 aromatic carbocycles. The van der Waals surface area contributed by atoms with Gasteiger partial charge in [-0.25, -0.2) is 14.8 Å². The van der Waals surface area contributed by atoms with Crippen molar-refractivity contribution in [2.24, 2.45) is 5.41 Å². The van der Waals surface area contributed by atoms with Gasteiger partial charge in [0.05, 0.1) is 12.2 Å².